The average molecular weight is 465 g/mol. The largest absolute Gasteiger partial charge is 0.398 e. The summed E-state index contributed by atoms with van der Waals surface area (Å²) in [6.45, 7) is 17.1. The Labute approximate surface area is 201 Å². The number of hydrogen-bond acceptors (Lipinski definition) is 6. The van der Waals surface area contributed by atoms with E-state index >= 15 is 0 Å². The molecule has 1 aromatic rings. The number of nitrogens with two attached hydrogens (primary N) is 1. The van der Waals surface area contributed by atoms with E-state index < -0.39 is 5.60 Å². The third-order valence-electron chi connectivity index (χ3n) is 7.51. The number of ether oxygens (including phenoxy) is 2. The number of aliphatic hydroxyl groups excluding tert-OH is 2. The standard InChI is InChI=1S/C27H48N2O4/c1-8-27(9-2,33-14-13-32-10-3)25(11-12-30)29-24-16-21(19(4)5)23(28)15-22(24)20(18-31)17-26(29,6)7/h15-16,19-20,25,30-31H,8-14,17-18,28H2,1-7H3. The topological polar surface area (TPSA) is 88.2 Å². The quantitative estimate of drug-likeness (QED) is 0.287. The van der Waals surface area contributed by atoms with Crippen molar-refractivity contribution in [1.82, 2.24) is 0 Å². The lowest BCUT2D eigenvalue weighted by Gasteiger charge is -2.56. The van der Waals surface area contributed by atoms with Gasteiger partial charge in [-0.15, -0.1) is 0 Å². The van der Waals surface area contributed by atoms with Gasteiger partial charge in [-0.25, -0.2) is 0 Å². The van der Waals surface area contributed by atoms with Crippen LogP contribution in [-0.2, 0) is 9.47 Å². The smallest absolute Gasteiger partial charge is 0.0881 e. The van der Waals surface area contributed by atoms with Crippen LogP contribution in [0.1, 0.15) is 97.1 Å². The summed E-state index contributed by atoms with van der Waals surface area (Å²) in [7, 11) is 0. The van der Waals surface area contributed by atoms with Crippen LogP contribution in [0.25, 0.3) is 0 Å². The van der Waals surface area contributed by atoms with Gasteiger partial charge in [-0.05, 0) is 75.6 Å². The fourth-order valence-corrected chi connectivity index (χ4v) is 5.78. The van der Waals surface area contributed by atoms with E-state index in [9.17, 15) is 10.2 Å². The van der Waals surface area contributed by atoms with E-state index in [1.54, 1.807) is 0 Å². The Morgan fingerprint density at radius 2 is 1.82 bits per heavy atom. The number of benzene rings is 1. The monoisotopic (exact) mass is 464 g/mol. The van der Waals surface area contributed by atoms with E-state index in [-0.39, 0.29) is 36.6 Å². The summed E-state index contributed by atoms with van der Waals surface area (Å²) in [5.74, 6) is 0.316. The van der Waals surface area contributed by atoms with Gasteiger partial charge in [0.15, 0.2) is 0 Å². The molecule has 190 valence electrons. The third-order valence-corrected chi connectivity index (χ3v) is 7.51. The molecule has 0 saturated heterocycles. The van der Waals surface area contributed by atoms with Crippen LogP contribution in [0.4, 0.5) is 11.4 Å². The van der Waals surface area contributed by atoms with Crippen LogP contribution in [0.5, 0.6) is 0 Å². The molecule has 0 aromatic heterocycles. The highest BCUT2D eigenvalue weighted by Crippen LogP contribution is 2.49. The van der Waals surface area contributed by atoms with Gasteiger partial charge in [0.25, 0.3) is 0 Å². The Bertz CT molecular complexity index is 746. The van der Waals surface area contributed by atoms with Crippen LogP contribution in [0, 0.1) is 0 Å². The molecular weight excluding hydrogens is 416 g/mol. The minimum Gasteiger partial charge on any atom is -0.398 e. The van der Waals surface area contributed by atoms with Crippen molar-refractivity contribution in [2.24, 2.45) is 0 Å². The molecule has 0 amide bonds. The zero-order chi connectivity index (χ0) is 24.8. The van der Waals surface area contributed by atoms with Crippen LogP contribution in [0.15, 0.2) is 12.1 Å². The fraction of sp³-hybridized carbons (Fsp3) is 0.778. The van der Waals surface area contributed by atoms with Crippen molar-refractivity contribution in [3.63, 3.8) is 0 Å². The lowest BCUT2D eigenvalue weighted by atomic mass is 9.74. The van der Waals surface area contributed by atoms with Gasteiger partial charge in [-0.2, -0.15) is 0 Å². The lowest BCUT2D eigenvalue weighted by Crippen LogP contribution is -2.63. The van der Waals surface area contributed by atoms with Crippen LogP contribution >= 0.6 is 0 Å². The van der Waals surface area contributed by atoms with Crippen LogP contribution in [0.2, 0.25) is 0 Å². The van der Waals surface area contributed by atoms with Crippen molar-refractivity contribution in [2.75, 3.05) is 43.7 Å². The second kappa shape index (κ2) is 11.9. The van der Waals surface area contributed by atoms with Gasteiger partial charge in [0.2, 0.25) is 0 Å². The Kier molecular flexibility index (Phi) is 10.0. The number of hydrogen-bond donors (Lipinski definition) is 3. The number of anilines is 2. The molecule has 4 N–H and O–H groups in total. The Hall–Kier alpha value is -1.34. The average Bonchev–Trinajstić information content (AvgIpc) is 2.77. The van der Waals surface area contributed by atoms with E-state index in [1.807, 2.05) is 6.92 Å². The van der Waals surface area contributed by atoms with Crippen molar-refractivity contribution in [3.05, 3.63) is 23.3 Å². The fourth-order valence-electron chi connectivity index (χ4n) is 5.78. The van der Waals surface area contributed by atoms with Crippen LogP contribution < -0.4 is 10.6 Å². The first-order valence-corrected chi connectivity index (χ1v) is 12.8. The summed E-state index contributed by atoms with van der Waals surface area (Å²) in [4.78, 5) is 2.48. The second-order valence-electron chi connectivity index (χ2n) is 10.3. The Morgan fingerprint density at radius 1 is 1.15 bits per heavy atom. The van der Waals surface area contributed by atoms with Crippen molar-refractivity contribution in [1.29, 1.82) is 0 Å². The summed E-state index contributed by atoms with van der Waals surface area (Å²) < 4.78 is 12.2. The van der Waals surface area contributed by atoms with Gasteiger partial charge in [-0.3, -0.25) is 0 Å². The van der Waals surface area contributed by atoms with Crippen LogP contribution in [0.3, 0.4) is 0 Å². The zero-order valence-electron chi connectivity index (χ0n) is 22.0. The highest BCUT2D eigenvalue weighted by Gasteiger charge is 2.48. The van der Waals surface area contributed by atoms with E-state index in [2.05, 4.69) is 58.6 Å². The maximum Gasteiger partial charge on any atom is 0.0881 e. The van der Waals surface area contributed by atoms with E-state index in [0.717, 1.165) is 41.8 Å². The molecule has 2 unspecified atom stereocenters. The molecule has 0 spiro atoms. The number of nitrogens with zero attached hydrogens (tertiary/aromatic N) is 1. The predicted molar refractivity (Wildman–Crippen MR) is 137 cm³/mol. The molecule has 6 nitrogen and oxygen atoms in total. The SMILES string of the molecule is CCOCCOC(CC)(CC)C(CCO)N1c2cc(C(C)C)c(N)cc2C(CO)CC1(C)C. The normalized spacial score (nSPS) is 19.1. The van der Waals surface area contributed by atoms with Crippen molar-refractivity contribution >= 4 is 11.4 Å². The second-order valence-corrected chi connectivity index (χ2v) is 10.3. The number of aliphatic hydroxyl groups is 2. The van der Waals surface area contributed by atoms with E-state index in [1.165, 1.54) is 0 Å². The Morgan fingerprint density at radius 3 is 2.33 bits per heavy atom. The molecule has 6 heteroatoms. The van der Waals surface area contributed by atoms with Gasteiger partial charge >= 0.3 is 0 Å². The van der Waals surface area contributed by atoms with Gasteiger partial charge < -0.3 is 30.3 Å². The lowest BCUT2D eigenvalue weighted by molar-refractivity contribution is -0.0941. The molecule has 1 heterocycles. The summed E-state index contributed by atoms with van der Waals surface area (Å²) in [6, 6.07) is 4.26. The first-order valence-electron chi connectivity index (χ1n) is 12.8. The molecule has 0 fully saturated rings. The third kappa shape index (κ3) is 5.84. The summed E-state index contributed by atoms with van der Waals surface area (Å²) in [5.41, 5.74) is 9.91. The molecule has 2 rings (SSSR count). The molecule has 1 aromatic carbocycles. The molecule has 1 aliphatic rings. The summed E-state index contributed by atoms with van der Waals surface area (Å²) in [6.07, 6.45) is 3.07. The number of nitrogen functional groups attached to an aromatic ring is 1. The molecule has 0 saturated carbocycles. The summed E-state index contributed by atoms with van der Waals surface area (Å²) in [5, 5.41) is 20.4. The molecule has 1 aliphatic heterocycles. The van der Waals surface area contributed by atoms with Gasteiger partial charge in [0, 0.05) is 36.0 Å². The maximum absolute atomic E-state index is 10.2. The van der Waals surface area contributed by atoms with Crippen molar-refractivity contribution in [3.8, 4) is 0 Å². The van der Waals surface area contributed by atoms with E-state index in [4.69, 9.17) is 15.2 Å². The van der Waals surface area contributed by atoms with Gasteiger partial charge in [0.05, 0.1) is 31.5 Å². The predicted octanol–water partition coefficient (Wildman–Crippen LogP) is 4.82. The first-order chi connectivity index (χ1) is 15.6. The van der Waals surface area contributed by atoms with Gasteiger partial charge in [-0.1, -0.05) is 27.7 Å². The molecule has 2 atom stereocenters. The minimum absolute atomic E-state index is 0.0288. The van der Waals surface area contributed by atoms with Crippen LogP contribution in [-0.4, -0.2) is 60.4 Å². The first kappa shape index (κ1) is 27.9. The van der Waals surface area contributed by atoms with Crippen molar-refractivity contribution < 1.29 is 19.7 Å². The Balaban J connectivity index is 2.68. The number of rotatable bonds is 13. The molecule has 0 radical (unpaired) electrons. The molecule has 0 bridgehead atoms. The highest BCUT2D eigenvalue weighted by molar-refractivity contribution is 5.69. The highest BCUT2D eigenvalue weighted by atomic mass is 16.5. The van der Waals surface area contributed by atoms with Gasteiger partial charge in [0.1, 0.15) is 0 Å². The van der Waals surface area contributed by atoms with Crippen molar-refractivity contribution in [2.45, 2.75) is 103 Å². The van der Waals surface area contributed by atoms with E-state index in [0.29, 0.717) is 26.2 Å². The maximum atomic E-state index is 10.2. The zero-order valence-corrected chi connectivity index (χ0v) is 22.0. The summed E-state index contributed by atoms with van der Waals surface area (Å²) >= 11 is 0. The minimum atomic E-state index is -0.431. The molecule has 0 aliphatic carbocycles. The molecular formula is C27H48N2O4. The number of fused-ring (bicyclic) bond motifs is 1. The molecule has 33 heavy (non-hydrogen) atoms.